The number of carboxylic acids is 2. The zero-order chi connectivity index (χ0) is 16.3. The van der Waals surface area contributed by atoms with Crippen LogP contribution < -0.4 is 47.9 Å². The van der Waals surface area contributed by atoms with Crippen molar-refractivity contribution in [1.29, 1.82) is 0 Å². The third kappa shape index (κ3) is 14.2. The van der Waals surface area contributed by atoms with Crippen LogP contribution in [0.4, 0.5) is 0 Å². The van der Waals surface area contributed by atoms with Crippen LogP contribution in [0.3, 0.4) is 0 Å². The maximum absolute atomic E-state index is 10.8. The molecule has 0 spiro atoms. The fourth-order valence-electron chi connectivity index (χ4n) is 2.68. The maximum Gasteiger partial charge on any atom is 1.00 e. The van der Waals surface area contributed by atoms with Crippen molar-refractivity contribution in [2.75, 3.05) is 0 Å². The first-order valence-electron chi connectivity index (χ1n) is 8.31. The topological polar surface area (TPSA) is 80.3 Å². The molecule has 0 aromatic heterocycles. The first-order chi connectivity index (χ1) is 9.90. The first kappa shape index (κ1) is 28.0. The predicted octanol–water partition coefficient (Wildman–Crippen LogP) is -4.09. The number of carbonyl (C=O) groups excluding carboxylic acids is 2. The summed E-state index contributed by atoms with van der Waals surface area (Å²) < 4.78 is 0. The van der Waals surface area contributed by atoms with Gasteiger partial charge in [-0.2, -0.15) is 0 Å². The van der Waals surface area contributed by atoms with Crippen LogP contribution in [0.15, 0.2) is 0 Å². The molecule has 0 bridgehead atoms. The molecule has 0 N–H and O–H groups in total. The van der Waals surface area contributed by atoms with Gasteiger partial charge in [0.25, 0.3) is 0 Å². The molecule has 4 nitrogen and oxygen atoms in total. The molecule has 0 aliphatic heterocycles. The predicted molar refractivity (Wildman–Crippen MR) is 79.1 cm³/mol. The Morgan fingerprint density at radius 1 is 0.826 bits per heavy atom. The second-order valence-electron chi connectivity index (χ2n) is 6.34. The average Bonchev–Trinajstić information content (AvgIpc) is 2.39. The summed E-state index contributed by atoms with van der Waals surface area (Å²) in [6, 6.07) is 0. The van der Waals surface area contributed by atoms with E-state index in [0.717, 1.165) is 19.3 Å². The van der Waals surface area contributed by atoms with Crippen molar-refractivity contribution in [3.8, 4) is 0 Å². The normalized spacial score (nSPS) is 11.7. The van der Waals surface area contributed by atoms with E-state index in [-0.39, 0.29) is 56.0 Å². The van der Waals surface area contributed by atoms with Crippen molar-refractivity contribution in [3.63, 3.8) is 0 Å². The molecule has 0 heterocycles. The van der Waals surface area contributed by atoms with Crippen LogP contribution in [-0.2, 0) is 9.59 Å². The Morgan fingerprint density at radius 2 is 1.26 bits per heavy atom. The van der Waals surface area contributed by atoms with Gasteiger partial charge in [-0.15, -0.1) is 0 Å². The Hall–Kier alpha value is 0.135. The van der Waals surface area contributed by atoms with Crippen LogP contribution in [0.2, 0.25) is 0 Å². The van der Waals surface area contributed by atoms with Gasteiger partial charge < -0.3 is 19.8 Å². The summed E-state index contributed by atoms with van der Waals surface area (Å²) in [4.78, 5) is 21.7. The summed E-state index contributed by atoms with van der Waals surface area (Å²) in [5.74, 6) is -4.17. The fourth-order valence-corrected chi connectivity index (χ4v) is 2.68. The number of carboxylic acid groups (broad SMARTS) is 2. The minimum absolute atomic E-state index is 0. The molecule has 0 saturated carbocycles. The third-order valence-electron chi connectivity index (χ3n) is 4.23. The average molecular weight is 312 g/mol. The Bertz CT molecular complexity index is 295. The van der Waals surface area contributed by atoms with Gasteiger partial charge in [0, 0.05) is 5.92 Å². The summed E-state index contributed by atoms with van der Waals surface area (Å²) in [6.07, 6.45) is 9.42. The molecule has 1 atom stereocenters. The van der Waals surface area contributed by atoms with E-state index in [2.05, 4.69) is 6.92 Å². The largest absolute Gasteiger partial charge is 1.00 e. The molecule has 0 fully saturated rings. The second-order valence-corrected chi connectivity index (χ2v) is 6.34. The number of hydrogen-bond donors (Lipinski definition) is 0. The molecule has 0 amide bonds. The van der Waals surface area contributed by atoms with E-state index >= 15 is 0 Å². The van der Waals surface area contributed by atoms with Gasteiger partial charge in [0.05, 0.1) is 11.9 Å². The van der Waals surface area contributed by atoms with E-state index < -0.39 is 17.9 Å². The van der Waals surface area contributed by atoms with Gasteiger partial charge in [-0.25, -0.2) is 0 Å². The summed E-state index contributed by atoms with van der Waals surface area (Å²) in [6.45, 7) is 6.21. The van der Waals surface area contributed by atoms with E-state index in [9.17, 15) is 19.8 Å². The molecule has 0 aromatic carbocycles. The van der Waals surface area contributed by atoms with Crippen LogP contribution >= 0.6 is 0 Å². The minimum atomic E-state index is -1.53. The van der Waals surface area contributed by atoms with Crippen LogP contribution in [0, 0.1) is 17.8 Å². The smallest absolute Gasteiger partial charge is 0.549 e. The van der Waals surface area contributed by atoms with Gasteiger partial charge >= 0.3 is 37.7 Å². The first-order valence-corrected chi connectivity index (χ1v) is 8.31. The summed E-state index contributed by atoms with van der Waals surface area (Å²) >= 11 is 0. The fraction of sp³-hybridized carbons (Fsp3) is 0.882. The summed E-state index contributed by atoms with van der Waals surface area (Å²) in [5, 5.41) is 21.7. The van der Waals surface area contributed by atoms with E-state index in [4.69, 9.17) is 0 Å². The Kier molecular flexibility index (Phi) is 20.6. The molecular weight excluding hydrogens is 282 g/mol. The van der Waals surface area contributed by atoms with Crippen molar-refractivity contribution >= 4 is 11.9 Å². The van der Waals surface area contributed by atoms with Crippen molar-refractivity contribution in [3.05, 3.63) is 0 Å². The molecule has 23 heavy (non-hydrogen) atoms. The number of carbonyl (C=O) groups is 2. The van der Waals surface area contributed by atoms with Crippen molar-refractivity contribution in [1.82, 2.24) is 0 Å². The molecular formula is C17H30Li2O4. The zero-order valence-corrected chi connectivity index (χ0v) is 15.7. The molecule has 0 rings (SSSR count). The summed E-state index contributed by atoms with van der Waals surface area (Å²) in [7, 11) is 0. The molecule has 1 unspecified atom stereocenters. The monoisotopic (exact) mass is 312 g/mol. The zero-order valence-electron chi connectivity index (χ0n) is 15.7. The molecule has 0 aromatic rings. The van der Waals surface area contributed by atoms with E-state index in [1.54, 1.807) is 0 Å². The van der Waals surface area contributed by atoms with E-state index in [0.29, 0.717) is 0 Å². The number of aliphatic carboxylic acids is 2. The van der Waals surface area contributed by atoms with Crippen molar-refractivity contribution in [2.24, 2.45) is 17.8 Å². The maximum atomic E-state index is 10.8. The quantitative estimate of drug-likeness (QED) is 0.197. The third-order valence-corrected chi connectivity index (χ3v) is 4.23. The standard InChI is InChI=1S/C17H32O4.2Li/c1-4-5-6-7-8-9-10-11-14(13(2)3)12-15(16(18)19)17(20)21;;/h13-15H,4-12H2,1-3H3,(H,18,19)(H,20,21);;/q;2*+1/p-2. The van der Waals surface area contributed by atoms with Gasteiger partial charge in [-0.3, -0.25) is 0 Å². The van der Waals surface area contributed by atoms with Crippen molar-refractivity contribution < 1.29 is 57.5 Å². The van der Waals surface area contributed by atoms with Gasteiger partial charge in [-0.1, -0.05) is 72.1 Å². The Balaban J connectivity index is -0.00000200. The second kappa shape index (κ2) is 17.0. The minimum Gasteiger partial charge on any atom is -0.549 e. The van der Waals surface area contributed by atoms with E-state index in [1.807, 2.05) is 13.8 Å². The molecule has 0 radical (unpaired) electrons. The Morgan fingerprint density at radius 3 is 1.65 bits per heavy atom. The van der Waals surface area contributed by atoms with Gasteiger partial charge in [0.1, 0.15) is 0 Å². The van der Waals surface area contributed by atoms with Gasteiger partial charge in [0.15, 0.2) is 0 Å². The van der Waals surface area contributed by atoms with Crippen LogP contribution in [0.25, 0.3) is 0 Å². The van der Waals surface area contributed by atoms with Gasteiger partial charge in [0.2, 0.25) is 0 Å². The summed E-state index contributed by atoms with van der Waals surface area (Å²) in [5.41, 5.74) is 0. The SMILES string of the molecule is CCCCCCCCCC(CC(C(=O)[O-])C(=O)[O-])C(C)C.[Li+].[Li+]. The van der Waals surface area contributed by atoms with Crippen LogP contribution in [-0.4, -0.2) is 11.9 Å². The van der Waals surface area contributed by atoms with Crippen LogP contribution in [0.5, 0.6) is 0 Å². The number of rotatable bonds is 13. The molecule has 0 saturated heterocycles. The molecule has 0 aliphatic rings. The van der Waals surface area contributed by atoms with Gasteiger partial charge in [-0.05, 0) is 18.3 Å². The number of unbranched alkanes of at least 4 members (excludes halogenated alkanes) is 6. The molecule has 124 valence electrons. The van der Waals surface area contributed by atoms with Crippen molar-refractivity contribution in [2.45, 2.75) is 78.6 Å². The molecule has 6 heteroatoms. The Labute approximate surface area is 165 Å². The molecule has 0 aliphatic carbocycles. The van der Waals surface area contributed by atoms with E-state index in [1.165, 1.54) is 32.1 Å². The number of hydrogen-bond acceptors (Lipinski definition) is 4. The van der Waals surface area contributed by atoms with Crippen LogP contribution in [0.1, 0.15) is 78.6 Å².